The van der Waals surface area contributed by atoms with E-state index in [0.29, 0.717) is 17.9 Å². The molecule has 2 aliphatic rings. The molecule has 3 heterocycles. The quantitative estimate of drug-likeness (QED) is 0.496. The molecule has 2 fully saturated rings. The van der Waals surface area contributed by atoms with Gasteiger partial charge in [-0.3, -0.25) is 9.59 Å². The number of furan rings is 1. The van der Waals surface area contributed by atoms with Gasteiger partial charge in [-0.2, -0.15) is 0 Å². The zero-order chi connectivity index (χ0) is 19.8. The van der Waals surface area contributed by atoms with E-state index in [4.69, 9.17) is 9.15 Å². The van der Waals surface area contributed by atoms with E-state index in [2.05, 4.69) is 0 Å². The van der Waals surface area contributed by atoms with Crippen molar-refractivity contribution in [3.63, 3.8) is 0 Å². The number of aryl methyl sites for hydroxylation is 1. The molecule has 2 aromatic rings. The summed E-state index contributed by atoms with van der Waals surface area (Å²) in [4.78, 5) is 26.9. The molecule has 2 unspecified atom stereocenters. The Morgan fingerprint density at radius 2 is 2.14 bits per heavy atom. The van der Waals surface area contributed by atoms with E-state index in [9.17, 15) is 19.1 Å². The highest BCUT2D eigenvalue weighted by Gasteiger charge is 2.48. The number of Topliss-reactive ketones (excluding diaryl/α,β-unsaturated/α-hetero) is 1. The Balaban J connectivity index is 1.80. The molecule has 28 heavy (non-hydrogen) atoms. The molecule has 2 atom stereocenters. The molecular formula is C21H20FNO5. The fourth-order valence-electron chi connectivity index (χ4n) is 3.77. The summed E-state index contributed by atoms with van der Waals surface area (Å²) in [7, 11) is 0. The third kappa shape index (κ3) is 3.11. The molecule has 0 radical (unpaired) electrons. The van der Waals surface area contributed by atoms with Gasteiger partial charge in [0, 0.05) is 18.7 Å². The fraction of sp³-hybridized carbons (Fsp3) is 0.333. The van der Waals surface area contributed by atoms with E-state index < -0.39 is 23.5 Å². The SMILES string of the molecule is Cc1cc(/C(O)=C2/C(=O)C(=O)N(CC3CCCO3)C2c2ccco2)ccc1F. The lowest BCUT2D eigenvalue weighted by atomic mass is 9.98. The lowest BCUT2D eigenvalue weighted by molar-refractivity contribution is -0.141. The van der Waals surface area contributed by atoms with Crippen LogP contribution in [-0.2, 0) is 14.3 Å². The average Bonchev–Trinajstić information content (AvgIpc) is 3.42. The Kier molecular flexibility index (Phi) is 4.77. The first-order valence-electron chi connectivity index (χ1n) is 9.17. The van der Waals surface area contributed by atoms with E-state index >= 15 is 0 Å². The van der Waals surface area contributed by atoms with Crippen molar-refractivity contribution in [2.75, 3.05) is 13.2 Å². The van der Waals surface area contributed by atoms with Crippen LogP contribution in [0.25, 0.3) is 5.76 Å². The Bertz CT molecular complexity index is 944. The van der Waals surface area contributed by atoms with E-state index in [-0.39, 0.29) is 29.5 Å². The van der Waals surface area contributed by atoms with Gasteiger partial charge in [0.2, 0.25) is 0 Å². The number of halogens is 1. The van der Waals surface area contributed by atoms with Crippen molar-refractivity contribution in [2.45, 2.75) is 31.9 Å². The lowest BCUT2D eigenvalue weighted by Crippen LogP contribution is -2.36. The summed E-state index contributed by atoms with van der Waals surface area (Å²) in [5.74, 6) is -1.90. The molecule has 2 saturated heterocycles. The van der Waals surface area contributed by atoms with Gasteiger partial charge in [0.05, 0.1) is 17.9 Å². The molecule has 2 aliphatic heterocycles. The Hall–Kier alpha value is -2.93. The number of aliphatic hydroxyl groups excluding tert-OH is 1. The minimum absolute atomic E-state index is 0.0658. The smallest absolute Gasteiger partial charge is 0.295 e. The highest BCUT2D eigenvalue weighted by atomic mass is 19.1. The van der Waals surface area contributed by atoms with E-state index in [1.54, 1.807) is 19.1 Å². The summed E-state index contributed by atoms with van der Waals surface area (Å²) in [6.07, 6.45) is 2.98. The maximum atomic E-state index is 13.6. The molecule has 1 amide bonds. The van der Waals surface area contributed by atoms with Crippen molar-refractivity contribution in [2.24, 2.45) is 0 Å². The summed E-state index contributed by atoms with van der Waals surface area (Å²) < 4.78 is 24.7. The number of amides is 1. The number of ketones is 1. The topological polar surface area (TPSA) is 80.0 Å². The second-order valence-corrected chi connectivity index (χ2v) is 7.07. The minimum atomic E-state index is -0.857. The molecule has 7 heteroatoms. The minimum Gasteiger partial charge on any atom is -0.507 e. The summed E-state index contributed by atoms with van der Waals surface area (Å²) in [5, 5.41) is 10.9. The van der Waals surface area contributed by atoms with Crippen LogP contribution in [-0.4, -0.2) is 41.0 Å². The van der Waals surface area contributed by atoms with Gasteiger partial charge in [-0.25, -0.2) is 4.39 Å². The Morgan fingerprint density at radius 1 is 1.32 bits per heavy atom. The fourth-order valence-corrected chi connectivity index (χ4v) is 3.77. The molecule has 0 bridgehead atoms. The predicted molar refractivity (Wildman–Crippen MR) is 97.8 cm³/mol. The second kappa shape index (κ2) is 7.24. The van der Waals surface area contributed by atoms with Crippen LogP contribution in [0.1, 0.15) is 35.8 Å². The van der Waals surface area contributed by atoms with Gasteiger partial charge in [-0.1, -0.05) is 0 Å². The zero-order valence-corrected chi connectivity index (χ0v) is 15.4. The van der Waals surface area contributed by atoms with Gasteiger partial charge in [0.15, 0.2) is 0 Å². The predicted octanol–water partition coefficient (Wildman–Crippen LogP) is 3.33. The van der Waals surface area contributed by atoms with Crippen molar-refractivity contribution < 1.29 is 28.2 Å². The van der Waals surface area contributed by atoms with Crippen LogP contribution < -0.4 is 0 Å². The molecule has 4 rings (SSSR count). The van der Waals surface area contributed by atoms with Crippen molar-refractivity contribution in [1.82, 2.24) is 4.90 Å². The van der Waals surface area contributed by atoms with E-state index in [1.165, 1.54) is 29.4 Å². The number of hydrogen-bond donors (Lipinski definition) is 1. The zero-order valence-electron chi connectivity index (χ0n) is 15.4. The number of aliphatic hydroxyl groups is 1. The number of ether oxygens (including phenoxy) is 1. The van der Waals surface area contributed by atoms with Crippen LogP contribution >= 0.6 is 0 Å². The summed E-state index contributed by atoms with van der Waals surface area (Å²) in [5.41, 5.74) is 0.529. The molecule has 0 spiro atoms. The summed E-state index contributed by atoms with van der Waals surface area (Å²) in [6.45, 7) is 2.41. The second-order valence-electron chi connectivity index (χ2n) is 7.07. The van der Waals surface area contributed by atoms with Crippen LogP contribution in [0, 0.1) is 12.7 Å². The maximum Gasteiger partial charge on any atom is 0.295 e. The number of rotatable bonds is 4. The Labute approximate surface area is 161 Å². The van der Waals surface area contributed by atoms with E-state index in [0.717, 1.165) is 12.8 Å². The van der Waals surface area contributed by atoms with Crippen molar-refractivity contribution >= 4 is 17.4 Å². The monoisotopic (exact) mass is 385 g/mol. The molecule has 6 nitrogen and oxygen atoms in total. The molecule has 1 aromatic carbocycles. The van der Waals surface area contributed by atoms with Crippen molar-refractivity contribution in [3.8, 4) is 0 Å². The number of likely N-dealkylation sites (tertiary alicyclic amines) is 1. The van der Waals surface area contributed by atoms with Crippen LogP contribution in [0.5, 0.6) is 0 Å². The van der Waals surface area contributed by atoms with Gasteiger partial charge in [0.1, 0.15) is 23.4 Å². The third-order valence-corrected chi connectivity index (χ3v) is 5.21. The summed E-state index contributed by atoms with van der Waals surface area (Å²) in [6, 6.07) is 6.49. The summed E-state index contributed by atoms with van der Waals surface area (Å²) >= 11 is 0. The van der Waals surface area contributed by atoms with Gasteiger partial charge in [0.25, 0.3) is 11.7 Å². The number of nitrogens with zero attached hydrogens (tertiary/aromatic N) is 1. The highest BCUT2D eigenvalue weighted by molar-refractivity contribution is 6.46. The first-order valence-corrected chi connectivity index (χ1v) is 9.17. The van der Waals surface area contributed by atoms with Gasteiger partial charge in [-0.05, 0) is 55.7 Å². The van der Waals surface area contributed by atoms with E-state index in [1.807, 2.05) is 0 Å². The number of carbonyl (C=O) groups is 2. The average molecular weight is 385 g/mol. The maximum absolute atomic E-state index is 13.6. The standard InChI is InChI=1S/C21H20FNO5/c1-12-10-13(6-7-15(12)22)19(24)17-18(16-5-3-9-28-16)23(21(26)20(17)25)11-14-4-2-8-27-14/h3,5-7,9-10,14,18,24H,2,4,8,11H2,1H3/b19-17-. The normalized spacial score (nSPS) is 24.3. The number of benzene rings is 1. The van der Waals surface area contributed by atoms with Gasteiger partial charge < -0.3 is 19.2 Å². The van der Waals surface area contributed by atoms with Crippen LogP contribution in [0.3, 0.4) is 0 Å². The largest absolute Gasteiger partial charge is 0.507 e. The Morgan fingerprint density at radius 3 is 2.79 bits per heavy atom. The van der Waals surface area contributed by atoms with Crippen LogP contribution in [0.15, 0.2) is 46.6 Å². The first-order chi connectivity index (χ1) is 13.5. The molecule has 146 valence electrons. The van der Waals surface area contributed by atoms with Crippen molar-refractivity contribution in [1.29, 1.82) is 0 Å². The molecular weight excluding hydrogens is 365 g/mol. The van der Waals surface area contributed by atoms with Crippen LogP contribution in [0.2, 0.25) is 0 Å². The molecule has 1 aromatic heterocycles. The van der Waals surface area contributed by atoms with Crippen LogP contribution in [0.4, 0.5) is 4.39 Å². The first kappa shape index (κ1) is 18.4. The lowest BCUT2D eigenvalue weighted by Gasteiger charge is -2.25. The number of hydrogen-bond acceptors (Lipinski definition) is 5. The molecule has 0 saturated carbocycles. The molecule has 1 N–H and O–H groups in total. The number of carbonyl (C=O) groups excluding carboxylic acids is 2. The van der Waals surface area contributed by atoms with Gasteiger partial charge >= 0.3 is 0 Å². The highest BCUT2D eigenvalue weighted by Crippen LogP contribution is 2.40. The third-order valence-electron chi connectivity index (χ3n) is 5.21. The van der Waals surface area contributed by atoms with Gasteiger partial charge in [-0.15, -0.1) is 0 Å². The van der Waals surface area contributed by atoms with Crippen molar-refractivity contribution in [3.05, 3.63) is 64.9 Å². The molecule has 0 aliphatic carbocycles.